The molecule has 0 heterocycles. The van der Waals surface area contributed by atoms with Crippen molar-refractivity contribution in [1.29, 1.82) is 0 Å². The van der Waals surface area contributed by atoms with Crippen LogP contribution in [-0.4, -0.2) is 12.6 Å². The molecule has 3 rings (SSSR count). The van der Waals surface area contributed by atoms with Gasteiger partial charge < -0.3 is 9.47 Å². The first-order valence-corrected chi connectivity index (χ1v) is 11.6. The molecule has 0 bridgehead atoms. The summed E-state index contributed by atoms with van der Waals surface area (Å²) in [5.74, 6) is 3.37. The average Bonchev–Trinajstić information content (AvgIpc) is 2.79. The SMILES string of the molecule is CCCOc1ccc(OC(=O)c2ccc(C3CCC(CC(C)CC)CC3)cc2)cc1. The molecule has 1 aliphatic rings. The highest BCUT2D eigenvalue weighted by molar-refractivity contribution is 5.91. The van der Waals surface area contributed by atoms with Crippen LogP contribution in [0.3, 0.4) is 0 Å². The quantitative estimate of drug-likeness (QED) is 0.320. The first-order valence-electron chi connectivity index (χ1n) is 11.6. The van der Waals surface area contributed by atoms with Crippen molar-refractivity contribution in [2.75, 3.05) is 6.61 Å². The third kappa shape index (κ3) is 6.35. The summed E-state index contributed by atoms with van der Waals surface area (Å²) in [4.78, 5) is 12.5. The second-order valence-corrected chi connectivity index (χ2v) is 8.80. The van der Waals surface area contributed by atoms with Crippen LogP contribution < -0.4 is 9.47 Å². The maximum absolute atomic E-state index is 12.5. The van der Waals surface area contributed by atoms with Crippen molar-refractivity contribution < 1.29 is 14.3 Å². The molecule has 162 valence electrons. The highest BCUT2D eigenvalue weighted by atomic mass is 16.5. The van der Waals surface area contributed by atoms with E-state index in [9.17, 15) is 4.79 Å². The first-order chi connectivity index (χ1) is 14.6. The number of carbonyl (C=O) groups excluding carboxylic acids is 1. The largest absolute Gasteiger partial charge is 0.494 e. The van der Waals surface area contributed by atoms with E-state index in [-0.39, 0.29) is 5.97 Å². The van der Waals surface area contributed by atoms with Crippen molar-refractivity contribution in [2.24, 2.45) is 11.8 Å². The zero-order chi connectivity index (χ0) is 21.3. The molecule has 1 aliphatic carbocycles. The van der Waals surface area contributed by atoms with E-state index in [1.165, 1.54) is 44.1 Å². The van der Waals surface area contributed by atoms with Gasteiger partial charge in [-0.2, -0.15) is 0 Å². The van der Waals surface area contributed by atoms with E-state index in [4.69, 9.17) is 9.47 Å². The maximum Gasteiger partial charge on any atom is 0.343 e. The summed E-state index contributed by atoms with van der Waals surface area (Å²) in [6.07, 6.45) is 8.81. The first kappa shape index (κ1) is 22.4. The van der Waals surface area contributed by atoms with Crippen LogP contribution >= 0.6 is 0 Å². The summed E-state index contributed by atoms with van der Waals surface area (Å²) in [6.45, 7) is 7.42. The zero-order valence-electron chi connectivity index (χ0n) is 18.7. The molecule has 3 heteroatoms. The summed E-state index contributed by atoms with van der Waals surface area (Å²) in [5, 5.41) is 0. The third-order valence-electron chi connectivity index (χ3n) is 6.40. The van der Waals surface area contributed by atoms with Gasteiger partial charge in [0.1, 0.15) is 11.5 Å². The van der Waals surface area contributed by atoms with Crippen LogP contribution in [0.2, 0.25) is 0 Å². The topological polar surface area (TPSA) is 35.5 Å². The van der Waals surface area contributed by atoms with Gasteiger partial charge in [0.05, 0.1) is 12.2 Å². The van der Waals surface area contributed by atoms with Gasteiger partial charge >= 0.3 is 5.97 Å². The van der Waals surface area contributed by atoms with Gasteiger partial charge in [0.2, 0.25) is 0 Å². The predicted molar refractivity (Wildman–Crippen MR) is 122 cm³/mol. The average molecular weight is 409 g/mol. The van der Waals surface area contributed by atoms with Crippen molar-refractivity contribution in [3.05, 3.63) is 59.7 Å². The summed E-state index contributed by atoms with van der Waals surface area (Å²) in [6, 6.07) is 15.2. The van der Waals surface area contributed by atoms with Gasteiger partial charge in [-0.1, -0.05) is 39.3 Å². The fraction of sp³-hybridized carbons (Fsp3) is 0.519. The molecule has 2 aromatic rings. The molecule has 1 unspecified atom stereocenters. The molecule has 1 saturated carbocycles. The number of carbonyl (C=O) groups is 1. The molecule has 1 fully saturated rings. The Hall–Kier alpha value is -2.29. The maximum atomic E-state index is 12.5. The molecular formula is C27H36O3. The number of esters is 1. The molecular weight excluding hydrogens is 372 g/mol. The van der Waals surface area contributed by atoms with Gasteiger partial charge in [0.15, 0.2) is 0 Å². The smallest absolute Gasteiger partial charge is 0.343 e. The van der Waals surface area contributed by atoms with Gasteiger partial charge in [0, 0.05) is 0 Å². The summed E-state index contributed by atoms with van der Waals surface area (Å²) in [7, 11) is 0. The lowest BCUT2D eigenvalue weighted by Crippen LogP contribution is -2.16. The van der Waals surface area contributed by atoms with E-state index in [0.717, 1.165) is 24.0 Å². The van der Waals surface area contributed by atoms with Crippen molar-refractivity contribution in [3.63, 3.8) is 0 Å². The lowest BCUT2D eigenvalue weighted by Gasteiger charge is -2.30. The van der Waals surface area contributed by atoms with Crippen LogP contribution in [-0.2, 0) is 0 Å². The molecule has 0 N–H and O–H groups in total. The van der Waals surface area contributed by atoms with Crippen LogP contribution in [0, 0.1) is 11.8 Å². The Morgan fingerprint density at radius 2 is 1.57 bits per heavy atom. The molecule has 0 amide bonds. The normalized spacial score (nSPS) is 19.8. The predicted octanol–water partition coefficient (Wildman–Crippen LogP) is 7.40. The molecule has 0 spiro atoms. The van der Waals surface area contributed by atoms with E-state index in [0.29, 0.717) is 23.8 Å². The Balaban J connectivity index is 1.51. The van der Waals surface area contributed by atoms with Crippen LogP contribution in [0.1, 0.15) is 87.6 Å². The molecule has 0 aromatic heterocycles. The Labute approximate surface area is 181 Å². The van der Waals surface area contributed by atoms with Crippen molar-refractivity contribution in [2.45, 2.75) is 71.6 Å². The Morgan fingerprint density at radius 3 is 2.17 bits per heavy atom. The fourth-order valence-electron chi connectivity index (χ4n) is 4.35. The van der Waals surface area contributed by atoms with Crippen LogP contribution in [0.5, 0.6) is 11.5 Å². The second-order valence-electron chi connectivity index (χ2n) is 8.80. The minimum Gasteiger partial charge on any atom is -0.494 e. The Kier molecular flexibility index (Phi) is 8.36. The molecule has 0 aliphatic heterocycles. The van der Waals surface area contributed by atoms with Gasteiger partial charge in [-0.05, 0) is 98.2 Å². The summed E-state index contributed by atoms with van der Waals surface area (Å²) < 4.78 is 11.1. The number of hydrogen-bond donors (Lipinski definition) is 0. The van der Waals surface area contributed by atoms with Crippen molar-refractivity contribution in [1.82, 2.24) is 0 Å². The number of rotatable bonds is 9. The van der Waals surface area contributed by atoms with E-state index < -0.39 is 0 Å². The summed E-state index contributed by atoms with van der Waals surface area (Å²) >= 11 is 0. The highest BCUT2D eigenvalue weighted by Crippen LogP contribution is 2.38. The molecule has 0 radical (unpaired) electrons. The van der Waals surface area contributed by atoms with E-state index >= 15 is 0 Å². The summed E-state index contributed by atoms with van der Waals surface area (Å²) in [5.41, 5.74) is 1.95. The van der Waals surface area contributed by atoms with Gasteiger partial charge in [0.25, 0.3) is 0 Å². The van der Waals surface area contributed by atoms with E-state index in [1.54, 1.807) is 12.1 Å². The van der Waals surface area contributed by atoms with Gasteiger partial charge in [-0.15, -0.1) is 0 Å². The van der Waals surface area contributed by atoms with Gasteiger partial charge in [-0.25, -0.2) is 4.79 Å². The monoisotopic (exact) mass is 408 g/mol. The number of benzene rings is 2. The molecule has 1 atom stereocenters. The Morgan fingerprint density at radius 1 is 0.933 bits per heavy atom. The minimum absolute atomic E-state index is 0.318. The molecule has 0 saturated heterocycles. The Bertz CT molecular complexity index is 771. The minimum atomic E-state index is -0.318. The van der Waals surface area contributed by atoms with Crippen LogP contribution in [0.4, 0.5) is 0 Å². The molecule has 2 aromatic carbocycles. The lowest BCUT2D eigenvalue weighted by atomic mass is 9.75. The molecule has 30 heavy (non-hydrogen) atoms. The number of hydrogen-bond acceptors (Lipinski definition) is 3. The third-order valence-corrected chi connectivity index (χ3v) is 6.40. The zero-order valence-corrected chi connectivity index (χ0v) is 18.7. The molecule has 3 nitrogen and oxygen atoms in total. The lowest BCUT2D eigenvalue weighted by molar-refractivity contribution is 0.0734. The number of ether oxygens (including phenoxy) is 2. The standard InChI is InChI=1S/C27H36O3/c1-4-18-29-25-14-16-26(17-15-25)30-27(28)24-12-10-23(11-13-24)22-8-6-21(7-9-22)19-20(3)5-2/h10-17,20-22H,4-9,18-19H2,1-3H3. The second kappa shape index (κ2) is 11.2. The van der Waals surface area contributed by atoms with Crippen LogP contribution in [0.25, 0.3) is 0 Å². The fourth-order valence-corrected chi connectivity index (χ4v) is 4.35. The van der Waals surface area contributed by atoms with Crippen molar-refractivity contribution in [3.8, 4) is 11.5 Å². The highest BCUT2D eigenvalue weighted by Gasteiger charge is 2.23. The van der Waals surface area contributed by atoms with E-state index in [1.807, 2.05) is 24.3 Å². The van der Waals surface area contributed by atoms with E-state index in [2.05, 4.69) is 32.9 Å². The van der Waals surface area contributed by atoms with Gasteiger partial charge in [-0.3, -0.25) is 0 Å². The van der Waals surface area contributed by atoms with Crippen molar-refractivity contribution >= 4 is 5.97 Å². The van der Waals surface area contributed by atoms with Crippen LogP contribution in [0.15, 0.2) is 48.5 Å².